The van der Waals surface area contributed by atoms with E-state index in [1.54, 1.807) is 0 Å². The summed E-state index contributed by atoms with van der Waals surface area (Å²) < 4.78 is 2.21. The summed E-state index contributed by atoms with van der Waals surface area (Å²) in [5.41, 5.74) is 2.30. The van der Waals surface area contributed by atoms with Gasteiger partial charge in [0.2, 0.25) is 0 Å². The van der Waals surface area contributed by atoms with Crippen LogP contribution in [0, 0.1) is 12.8 Å². The highest BCUT2D eigenvalue weighted by Gasteiger charge is 2.30. The second-order valence-corrected chi connectivity index (χ2v) is 5.37. The van der Waals surface area contributed by atoms with Crippen LogP contribution in [-0.4, -0.2) is 34.3 Å². The van der Waals surface area contributed by atoms with Crippen LogP contribution in [0.2, 0.25) is 0 Å². The van der Waals surface area contributed by atoms with Gasteiger partial charge in [0, 0.05) is 30.6 Å². The molecule has 1 aliphatic rings. The zero-order chi connectivity index (χ0) is 14.1. The Hall–Kier alpha value is -1.88. The van der Waals surface area contributed by atoms with Gasteiger partial charge in [-0.25, -0.2) is 9.98 Å². The number of hydrogen-bond donors (Lipinski definition) is 2. The van der Waals surface area contributed by atoms with Gasteiger partial charge in [-0.1, -0.05) is 13.3 Å². The van der Waals surface area contributed by atoms with Crippen molar-refractivity contribution in [3.63, 3.8) is 0 Å². The highest BCUT2D eigenvalue weighted by Crippen LogP contribution is 2.34. The lowest BCUT2D eigenvalue weighted by Gasteiger charge is -2.19. The lowest BCUT2D eigenvalue weighted by molar-refractivity contribution is 0.489. The Kier molecular flexibility index (Phi) is 3.44. The fraction of sp³-hybridized carbons (Fsp3) is 0.467. The van der Waals surface area contributed by atoms with E-state index in [4.69, 9.17) is 0 Å². The van der Waals surface area contributed by atoms with E-state index >= 15 is 0 Å². The van der Waals surface area contributed by atoms with Crippen LogP contribution in [0.15, 0.2) is 23.5 Å². The van der Waals surface area contributed by atoms with E-state index in [1.165, 1.54) is 12.1 Å². The number of aromatic nitrogens is 3. The first-order valence-corrected chi connectivity index (χ1v) is 7.15. The van der Waals surface area contributed by atoms with Crippen molar-refractivity contribution in [2.45, 2.75) is 26.2 Å². The third-order valence-electron chi connectivity index (χ3n) is 4.31. The van der Waals surface area contributed by atoms with E-state index in [0.29, 0.717) is 11.8 Å². The molecule has 20 heavy (non-hydrogen) atoms. The number of nitrogens with zero attached hydrogens (tertiary/aromatic N) is 3. The molecular formula is C15H21N5. The van der Waals surface area contributed by atoms with Gasteiger partial charge in [-0.15, -0.1) is 0 Å². The molecule has 0 aliphatic carbocycles. The van der Waals surface area contributed by atoms with Gasteiger partial charge in [0.15, 0.2) is 5.82 Å². The fourth-order valence-corrected chi connectivity index (χ4v) is 3.20. The maximum Gasteiger partial charge on any atom is 0.153 e. The van der Waals surface area contributed by atoms with Gasteiger partial charge in [0.1, 0.15) is 5.82 Å². The van der Waals surface area contributed by atoms with Gasteiger partial charge in [-0.05, 0) is 32.2 Å². The molecule has 1 saturated heterocycles. The van der Waals surface area contributed by atoms with Crippen molar-refractivity contribution < 1.29 is 0 Å². The quantitative estimate of drug-likeness (QED) is 0.840. The molecule has 0 amide bonds. The van der Waals surface area contributed by atoms with Crippen LogP contribution in [0.25, 0.3) is 5.69 Å². The summed E-state index contributed by atoms with van der Waals surface area (Å²) in [4.78, 5) is 11.7. The average molecular weight is 271 g/mol. The predicted octanol–water partition coefficient (Wildman–Crippen LogP) is 2.55. The zero-order valence-corrected chi connectivity index (χ0v) is 12.1. The zero-order valence-electron chi connectivity index (χ0n) is 12.1. The molecule has 0 unspecified atom stereocenters. The van der Waals surface area contributed by atoms with Crippen LogP contribution in [0.1, 0.15) is 30.8 Å². The summed E-state index contributed by atoms with van der Waals surface area (Å²) in [5.74, 6) is 2.97. The Morgan fingerprint density at radius 2 is 2.35 bits per heavy atom. The van der Waals surface area contributed by atoms with Gasteiger partial charge in [-0.2, -0.15) is 0 Å². The predicted molar refractivity (Wildman–Crippen MR) is 81.3 cm³/mol. The lowest BCUT2D eigenvalue weighted by Crippen LogP contribution is -2.14. The number of imidazole rings is 1. The van der Waals surface area contributed by atoms with Crippen LogP contribution in [0.5, 0.6) is 0 Å². The van der Waals surface area contributed by atoms with E-state index in [-0.39, 0.29) is 0 Å². The molecule has 1 aliphatic heterocycles. The average Bonchev–Trinajstić information content (AvgIpc) is 3.15. The molecule has 3 rings (SSSR count). The number of aromatic amines is 1. The number of hydrogen-bond acceptors (Lipinski definition) is 3. The standard InChI is InChI=1S/C15H21N5/c1-4-11-7-17-8-12(11)14-9-19-10(2)20(14)13-5-6-18-15(13)16-3/h5-6,9,11-12,17-18H,3-4,7-8H2,1-2H3/t11-,12+/m1/s1. The van der Waals surface area contributed by atoms with Gasteiger partial charge in [-0.3, -0.25) is 4.57 Å². The Labute approximate surface area is 119 Å². The van der Waals surface area contributed by atoms with Gasteiger partial charge in [0.25, 0.3) is 0 Å². The van der Waals surface area contributed by atoms with Crippen LogP contribution in [0.4, 0.5) is 5.82 Å². The van der Waals surface area contributed by atoms with Gasteiger partial charge < -0.3 is 10.3 Å². The molecule has 2 atom stereocenters. The Morgan fingerprint density at radius 1 is 1.50 bits per heavy atom. The molecule has 2 N–H and O–H groups in total. The van der Waals surface area contributed by atoms with Gasteiger partial charge >= 0.3 is 0 Å². The van der Waals surface area contributed by atoms with Crippen molar-refractivity contribution >= 4 is 12.5 Å². The molecule has 0 aromatic carbocycles. The summed E-state index contributed by atoms with van der Waals surface area (Å²) in [5, 5.41) is 3.50. The molecule has 2 aromatic rings. The fourth-order valence-electron chi connectivity index (χ4n) is 3.20. The molecule has 0 bridgehead atoms. The van der Waals surface area contributed by atoms with E-state index in [2.05, 4.69) is 38.5 Å². The number of aryl methyl sites for hydroxylation is 1. The minimum absolute atomic E-state index is 0.508. The topological polar surface area (TPSA) is 58.0 Å². The summed E-state index contributed by atoms with van der Waals surface area (Å²) in [6.07, 6.45) is 5.09. The lowest BCUT2D eigenvalue weighted by atomic mass is 9.91. The Balaban J connectivity index is 2.08. The number of aliphatic imine (C=N–C) groups is 1. The van der Waals surface area contributed by atoms with Crippen molar-refractivity contribution in [1.29, 1.82) is 0 Å². The third-order valence-corrected chi connectivity index (χ3v) is 4.31. The van der Waals surface area contributed by atoms with Crippen molar-refractivity contribution in [1.82, 2.24) is 19.9 Å². The normalized spacial score (nSPS) is 22.3. The monoisotopic (exact) mass is 271 g/mol. The molecule has 1 fully saturated rings. The SMILES string of the molecule is C=Nc1[nH]ccc1-n1c([C@H]2CNC[C@H]2CC)cnc1C. The molecule has 0 saturated carbocycles. The number of rotatable bonds is 4. The molecule has 5 heteroatoms. The van der Waals surface area contributed by atoms with Crippen molar-refractivity contribution in [2.75, 3.05) is 13.1 Å². The first kappa shape index (κ1) is 13.1. The minimum atomic E-state index is 0.508. The summed E-state index contributed by atoms with van der Waals surface area (Å²) >= 11 is 0. The smallest absolute Gasteiger partial charge is 0.153 e. The second-order valence-electron chi connectivity index (χ2n) is 5.37. The molecule has 3 heterocycles. The van der Waals surface area contributed by atoms with Crippen LogP contribution in [0.3, 0.4) is 0 Å². The van der Waals surface area contributed by atoms with Crippen LogP contribution in [-0.2, 0) is 0 Å². The second kappa shape index (κ2) is 5.25. The van der Waals surface area contributed by atoms with E-state index < -0.39 is 0 Å². The van der Waals surface area contributed by atoms with Gasteiger partial charge in [0.05, 0.1) is 5.69 Å². The number of H-pyrrole nitrogens is 1. The first-order valence-electron chi connectivity index (χ1n) is 7.15. The van der Waals surface area contributed by atoms with Crippen molar-refractivity contribution in [2.24, 2.45) is 10.9 Å². The Bertz CT molecular complexity index is 610. The molecule has 0 radical (unpaired) electrons. The van der Waals surface area contributed by atoms with Crippen LogP contribution < -0.4 is 5.32 Å². The van der Waals surface area contributed by atoms with Crippen molar-refractivity contribution in [3.8, 4) is 5.69 Å². The maximum absolute atomic E-state index is 4.52. The largest absolute Gasteiger partial charge is 0.345 e. The molecule has 0 spiro atoms. The minimum Gasteiger partial charge on any atom is -0.345 e. The highest BCUT2D eigenvalue weighted by molar-refractivity contribution is 5.57. The summed E-state index contributed by atoms with van der Waals surface area (Å²) in [6.45, 7) is 10.0. The van der Waals surface area contributed by atoms with E-state index in [1.807, 2.05) is 25.4 Å². The summed E-state index contributed by atoms with van der Waals surface area (Å²) in [7, 11) is 0. The van der Waals surface area contributed by atoms with Crippen molar-refractivity contribution in [3.05, 3.63) is 30.0 Å². The molecule has 5 nitrogen and oxygen atoms in total. The van der Waals surface area contributed by atoms with E-state index in [9.17, 15) is 0 Å². The molecule has 2 aromatic heterocycles. The van der Waals surface area contributed by atoms with E-state index in [0.717, 1.165) is 30.4 Å². The number of nitrogens with one attached hydrogen (secondary N) is 2. The Morgan fingerprint density at radius 3 is 3.10 bits per heavy atom. The first-order chi connectivity index (χ1) is 9.76. The maximum atomic E-state index is 4.52. The third kappa shape index (κ3) is 1.98. The highest BCUT2D eigenvalue weighted by atomic mass is 15.1. The summed E-state index contributed by atoms with van der Waals surface area (Å²) in [6, 6.07) is 2.03. The van der Waals surface area contributed by atoms with Crippen LogP contribution >= 0.6 is 0 Å². The molecular weight excluding hydrogens is 250 g/mol. The molecule has 106 valence electrons.